The first-order valence-corrected chi connectivity index (χ1v) is 4.42. The quantitative estimate of drug-likeness (QED) is 0.696. The number of hydrogen-bond donors (Lipinski definition) is 1. The average molecular weight is 180 g/mol. The highest BCUT2D eigenvalue weighted by Crippen LogP contribution is 2.20. The van der Waals surface area contributed by atoms with Crippen molar-refractivity contribution in [1.82, 2.24) is 9.55 Å². The van der Waals surface area contributed by atoms with Gasteiger partial charge in [0.25, 0.3) is 0 Å². The van der Waals surface area contributed by atoms with Crippen molar-refractivity contribution in [2.75, 3.05) is 0 Å². The normalized spacial score (nSPS) is 21.2. The van der Waals surface area contributed by atoms with Gasteiger partial charge < -0.3 is 9.67 Å². The van der Waals surface area contributed by atoms with Crippen LogP contribution in [0.4, 0.5) is 0 Å². The zero-order valence-corrected chi connectivity index (χ0v) is 7.53. The molecule has 1 aromatic rings. The molecule has 0 unspecified atom stereocenters. The van der Waals surface area contributed by atoms with Gasteiger partial charge in [0.1, 0.15) is 5.82 Å². The van der Waals surface area contributed by atoms with Crippen LogP contribution in [0.1, 0.15) is 17.9 Å². The summed E-state index contributed by atoms with van der Waals surface area (Å²) in [4.78, 5) is 15.0. The molecule has 0 amide bonds. The lowest BCUT2D eigenvalue weighted by Gasteiger charge is -2.19. The fraction of sp³-hybridized carbons (Fsp3) is 0.556. The first-order chi connectivity index (χ1) is 6.16. The molecule has 0 aliphatic carbocycles. The van der Waals surface area contributed by atoms with Gasteiger partial charge in [-0.2, -0.15) is 0 Å². The smallest absolute Gasteiger partial charge is 0.307 e. The minimum Gasteiger partial charge on any atom is -0.481 e. The Morgan fingerprint density at radius 1 is 1.77 bits per heavy atom. The lowest BCUT2D eigenvalue weighted by atomic mass is 9.98. The van der Waals surface area contributed by atoms with Crippen LogP contribution in [-0.2, 0) is 17.8 Å². The number of imidazole rings is 1. The van der Waals surface area contributed by atoms with Gasteiger partial charge in [-0.1, -0.05) is 0 Å². The number of rotatable bonds is 1. The molecule has 0 fully saturated rings. The highest BCUT2D eigenvalue weighted by molar-refractivity contribution is 5.70. The Bertz CT molecular complexity index is 343. The number of carboxylic acids is 1. The summed E-state index contributed by atoms with van der Waals surface area (Å²) in [6.45, 7) is 2.72. The Kier molecular flexibility index (Phi) is 1.83. The maximum Gasteiger partial charge on any atom is 0.307 e. The van der Waals surface area contributed by atoms with Crippen molar-refractivity contribution in [3.05, 3.63) is 17.7 Å². The predicted molar refractivity (Wildman–Crippen MR) is 46.4 cm³/mol. The topological polar surface area (TPSA) is 55.1 Å². The maximum absolute atomic E-state index is 10.7. The summed E-state index contributed by atoms with van der Waals surface area (Å²) in [5, 5.41) is 8.83. The third kappa shape index (κ3) is 1.43. The summed E-state index contributed by atoms with van der Waals surface area (Å²) in [5.74, 6) is -0.0302. The van der Waals surface area contributed by atoms with E-state index in [1.54, 1.807) is 0 Å². The number of carbonyl (C=O) groups is 1. The number of aromatic nitrogens is 2. The molecular weight excluding hydrogens is 168 g/mol. The third-order valence-corrected chi connectivity index (χ3v) is 2.48. The van der Waals surface area contributed by atoms with E-state index in [-0.39, 0.29) is 5.92 Å². The van der Waals surface area contributed by atoms with Gasteiger partial charge in [0.15, 0.2) is 0 Å². The van der Waals surface area contributed by atoms with Crippen LogP contribution in [0, 0.1) is 12.8 Å². The van der Waals surface area contributed by atoms with Gasteiger partial charge in [-0.25, -0.2) is 4.98 Å². The number of nitrogens with zero attached hydrogens (tertiary/aromatic N) is 2. The Morgan fingerprint density at radius 3 is 3.23 bits per heavy atom. The van der Waals surface area contributed by atoms with E-state index in [2.05, 4.69) is 9.55 Å². The highest BCUT2D eigenvalue weighted by Gasteiger charge is 2.25. The molecule has 0 spiro atoms. The highest BCUT2D eigenvalue weighted by atomic mass is 16.4. The first kappa shape index (κ1) is 8.29. The summed E-state index contributed by atoms with van der Waals surface area (Å²) >= 11 is 0. The van der Waals surface area contributed by atoms with E-state index in [9.17, 15) is 4.79 Å². The minimum atomic E-state index is -0.702. The van der Waals surface area contributed by atoms with E-state index in [4.69, 9.17) is 5.11 Å². The second-order valence-electron chi connectivity index (χ2n) is 3.52. The van der Waals surface area contributed by atoms with Crippen LogP contribution in [0.2, 0.25) is 0 Å². The second-order valence-corrected chi connectivity index (χ2v) is 3.52. The SMILES string of the molecule is Cc1cn2c(n1)C[C@@H](C(=O)O)CC2. The van der Waals surface area contributed by atoms with Crippen molar-refractivity contribution in [2.24, 2.45) is 5.92 Å². The number of aryl methyl sites for hydroxylation is 2. The largest absolute Gasteiger partial charge is 0.481 e. The van der Waals surface area contributed by atoms with Gasteiger partial charge in [0.05, 0.1) is 11.6 Å². The molecule has 0 bridgehead atoms. The van der Waals surface area contributed by atoms with Crippen LogP contribution in [0.5, 0.6) is 0 Å². The zero-order chi connectivity index (χ0) is 9.42. The molecule has 70 valence electrons. The Labute approximate surface area is 76.2 Å². The number of hydrogen-bond acceptors (Lipinski definition) is 2. The minimum absolute atomic E-state index is 0.241. The first-order valence-electron chi connectivity index (χ1n) is 4.42. The average Bonchev–Trinajstić information content (AvgIpc) is 2.42. The zero-order valence-electron chi connectivity index (χ0n) is 7.53. The van der Waals surface area contributed by atoms with E-state index >= 15 is 0 Å². The Balaban J connectivity index is 2.24. The summed E-state index contributed by atoms with van der Waals surface area (Å²) < 4.78 is 2.05. The van der Waals surface area contributed by atoms with E-state index in [0.29, 0.717) is 6.42 Å². The molecular formula is C9H12N2O2. The Morgan fingerprint density at radius 2 is 2.54 bits per heavy atom. The van der Waals surface area contributed by atoms with Crippen molar-refractivity contribution in [1.29, 1.82) is 0 Å². The molecule has 13 heavy (non-hydrogen) atoms. The van der Waals surface area contributed by atoms with Gasteiger partial charge in [-0.15, -0.1) is 0 Å². The van der Waals surface area contributed by atoms with Gasteiger partial charge in [0, 0.05) is 19.2 Å². The van der Waals surface area contributed by atoms with Crippen LogP contribution in [0.25, 0.3) is 0 Å². The van der Waals surface area contributed by atoms with E-state index < -0.39 is 5.97 Å². The van der Waals surface area contributed by atoms with Crippen molar-refractivity contribution >= 4 is 5.97 Å². The molecule has 0 saturated carbocycles. The monoisotopic (exact) mass is 180 g/mol. The van der Waals surface area contributed by atoms with Crippen LogP contribution in [-0.4, -0.2) is 20.6 Å². The van der Waals surface area contributed by atoms with Crippen LogP contribution in [0.3, 0.4) is 0 Å². The number of carboxylic acid groups (broad SMARTS) is 1. The van der Waals surface area contributed by atoms with Crippen molar-refractivity contribution < 1.29 is 9.90 Å². The molecule has 1 aliphatic rings. The van der Waals surface area contributed by atoms with Crippen molar-refractivity contribution in [3.8, 4) is 0 Å². The van der Waals surface area contributed by atoms with Crippen LogP contribution < -0.4 is 0 Å². The van der Waals surface area contributed by atoms with Crippen LogP contribution in [0.15, 0.2) is 6.20 Å². The molecule has 0 saturated heterocycles. The van der Waals surface area contributed by atoms with E-state index in [1.165, 1.54) is 0 Å². The van der Waals surface area contributed by atoms with Gasteiger partial charge in [-0.3, -0.25) is 4.79 Å². The third-order valence-electron chi connectivity index (χ3n) is 2.48. The molecule has 0 aromatic carbocycles. The van der Waals surface area contributed by atoms with Gasteiger partial charge in [0.2, 0.25) is 0 Å². The van der Waals surface area contributed by atoms with Crippen molar-refractivity contribution in [2.45, 2.75) is 26.3 Å². The molecule has 1 aromatic heterocycles. The molecule has 2 heterocycles. The number of aliphatic carboxylic acids is 1. The standard InChI is InChI=1S/C9H12N2O2/c1-6-5-11-3-2-7(9(12)13)4-8(11)10-6/h5,7H,2-4H2,1H3,(H,12,13)/t7-/m0/s1. The Hall–Kier alpha value is -1.32. The number of fused-ring (bicyclic) bond motifs is 1. The predicted octanol–water partition coefficient (Wildman–Crippen LogP) is 0.839. The summed E-state index contributed by atoms with van der Waals surface area (Å²) in [6.07, 6.45) is 3.27. The van der Waals surface area contributed by atoms with Crippen molar-refractivity contribution in [3.63, 3.8) is 0 Å². The molecule has 0 radical (unpaired) electrons. The van der Waals surface area contributed by atoms with Crippen LogP contribution >= 0.6 is 0 Å². The molecule has 4 heteroatoms. The molecule has 1 atom stereocenters. The van der Waals surface area contributed by atoms with Gasteiger partial charge >= 0.3 is 5.97 Å². The molecule has 2 rings (SSSR count). The summed E-state index contributed by atoms with van der Waals surface area (Å²) in [6, 6.07) is 0. The second kappa shape index (κ2) is 2.87. The van der Waals surface area contributed by atoms with Gasteiger partial charge in [-0.05, 0) is 13.3 Å². The summed E-state index contributed by atoms with van der Waals surface area (Å²) in [7, 11) is 0. The molecule has 1 N–H and O–H groups in total. The van der Waals surface area contributed by atoms with E-state index in [1.807, 2.05) is 13.1 Å². The lowest BCUT2D eigenvalue weighted by molar-refractivity contribution is -0.142. The lowest BCUT2D eigenvalue weighted by Crippen LogP contribution is -2.25. The maximum atomic E-state index is 10.7. The fourth-order valence-corrected chi connectivity index (χ4v) is 1.78. The van der Waals surface area contributed by atoms with E-state index in [0.717, 1.165) is 24.5 Å². The molecule has 4 nitrogen and oxygen atoms in total. The fourth-order valence-electron chi connectivity index (χ4n) is 1.78. The summed E-state index contributed by atoms with van der Waals surface area (Å²) in [5.41, 5.74) is 0.973. The molecule has 1 aliphatic heterocycles.